The molecule has 0 aliphatic carbocycles. The Labute approximate surface area is 96.9 Å². The molecule has 0 saturated carbocycles. The Morgan fingerprint density at radius 2 is 2.24 bits per heavy atom. The van der Waals surface area contributed by atoms with E-state index in [0.29, 0.717) is 11.3 Å². The summed E-state index contributed by atoms with van der Waals surface area (Å²) >= 11 is 0. The lowest BCUT2D eigenvalue weighted by Crippen LogP contribution is -1.86. The minimum atomic E-state index is -0.233. The summed E-state index contributed by atoms with van der Waals surface area (Å²) in [6, 6.07) is 6.76. The van der Waals surface area contributed by atoms with Crippen LogP contribution in [0.2, 0.25) is 0 Å². The molecule has 3 N–H and O–H groups in total. The second kappa shape index (κ2) is 3.35. The van der Waals surface area contributed by atoms with Crippen molar-refractivity contribution >= 4 is 16.7 Å². The van der Waals surface area contributed by atoms with Gasteiger partial charge in [-0.25, -0.2) is 4.39 Å². The van der Waals surface area contributed by atoms with Gasteiger partial charge in [0.05, 0.1) is 11.2 Å². The molecule has 0 spiro atoms. The van der Waals surface area contributed by atoms with Gasteiger partial charge in [0.15, 0.2) is 0 Å². The molecular formula is C12H11FN4. The fourth-order valence-corrected chi connectivity index (χ4v) is 2.11. The predicted octanol–water partition coefficient (Wildman–Crippen LogP) is 2.29. The number of nitrogens with two attached hydrogens (primary N) is 1. The van der Waals surface area contributed by atoms with Gasteiger partial charge in [-0.15, -0.1) is 0 Å². The van der Waals surface area contributed by atoms with Crippen molar-refractivity contribution < 1.29 is 4.39 Å². The van der Waals surface area contributed by atoms with Crippen LogP contribution in [0.3, 0.4) is 0 Å². The fraction of sp³-hybridized carbons (Fsp3) is 0.0833. The summed E-state index contributed by atoms with van der Waals surface area (Å²) in [7, 11) is 1.81. The molecule has 86 valence electrons. The van der Waals surface area contributed by atoms with E-state index < -0.39 is 0 Å². The highest BCUT2D eigenvalue weighted by atomic mass is 19.1. The molecule has 2 heterocycles. The predicted molar refractivity (Wildman–Crippen MR) is 64.9 cm³/mol. The summed E-state index contributed by atoms with van der Waals surface area (Å²) in [5, 5.41) is 7.56. The number of rotatable bonds is 1. The number of nitrogen functional groups attached to an aromatic ring is 1. The number of H-pyrrole nitrogens is 1. The summed E-state index contributed by atoms with van der Waals surface area (Å²) in [6.45, 7) is 0. The van der Waals surface area contributed by atoms with Gasteiger partial charge in [-0.05, 0) is 6.07 Å². The molecule has 0 saturated heterocycles. The summed E-state index contributed by atoms with van der Waals surface area (Å²) in [5.41, 5.74) is 7.84. The molecule has 0 aliphatic rings. The Morgan fingerprint density at radius 1 is 1.41 bits per heavy atom. The maximum absolute atomic E-state index is 13.7. The van der Waals surface area contributed by atoms with Crippen LogP contribution in [0.5, 0.6) is 0 Å². The molecule has 3 aromatic rings. The Bertz CT molecular complexity index is 696. The van der Waals surface area contributed by atoms with E-state index in [9.17, 15) is 4.39 Å². The van der Waals surface area contributed by atoms with Crippen LogP contribution in [0.1, 0.15) is 0 Å². The molecule has 2 aromatic heterocycles. The van der Waals surface area contributed by atoms with Crippen LogP contribution in [-0.2, 0) is 7.05 Å². The van der Waals surface area contributed by atoms with Crippen molar-refractivity contribution in [3.8, 4) is 11.3 Å². The number of aryl methyl sites for hydroxylation is 1. The molecule has 17 heavy (non-hydrogen) atoms. The molecule has 0 amide bonds. The number of aromatic amines is 1. The van der Waals surface area contributed by atoms with Crippen molar-refractivity contribution in [1.82, 2.24) is 14.8 Å². The standard InChI is InChI=1S/C12H11FN4/c1-17-6-8(10-5-11(14)16-15-10)7-3-2-4-9(13)12(7)17/h2-6H,1H3,(H3,14,15,16). The van der Waals surface area contributed by atoms with E-state index in [-0.39, 0.29) is 5.82 Å². The number of para-hydroxylation sites is 1. The number of nitrogens with one attached hydrogen (secondary N) is 1. The molecule has 3 rings (SSSR count). The Hall–Kier alpha value is -2.30. The van der Waals surface area contributed by atoms with Gasteiger partial charge >= 0.3 is 0 Å². The van der Waals surface area contributed by atoms with E-state index in [1.165, 1.54) is 6.07 Å². The van der Waals surface area contributed by atoms with Gasteiger partial charge in [-0.2, -0.15) is 5.10 Å². The highest BCUT2D eigenvalue weighted by Gasteiger charge is 2.13. The molecule has 0 fully saturated rings. The van der Waals surface area contributed by atoms with Gasteiger partial charge in [0.2, 0.25) is 0 Å². The molecule has 5 heteroatoms. The molecule has 0 bridgehead atoms. The first-order valence-electron chi connectivity index (χ1n) is 5.21. The number of fused-ring (bicyclic) bond motifs is 1. The van der Waals surface area contributed by atoms with E-state index in [2.05, 4.69) is 10.2 Å². The van der Waals surface area contributed by atoms with E-state index in [0.717, 1.165) is 16.6 Å². The molecule has 4 nitrogen and oxygen atoms in total. The van der Waals surface area contributed by atoms with Crippen molar-refractivity contribution in [2.45, 2.75) is 0 Å². The number of nitrogens with zero attached hydrogens (tertiary/aromatic N) is 2. The van der Waals surface area contributed by atoms with Crippen molar-refractivity contribution in [3.63, 3.8) is 0 Å². The average Bonchev–Trinajstić information content (AvgIpc) is 2.84. The lowest BCUT2D eigenvalue weighted by molar-refractivity contribution is 0.632. The molecule has 0 aliphatic heterocycles. The maximum atomic E-state index is 13.7. The van der Waals surface area contributed by atoms with Crippen LogP contribution < -0.4 is 5.73 Å². The minimum absolute atomic E-state index is 0.233. The lowest BCUT2D eigenvalue weighted by atomic mass is 10.1. The zero-order chi connectivity index (χ0) is 12.0. The van der Waals surface area contributed by atoms with Crippen molar-refractivity contribution in [2.24, 2.45) is 7.05 Å². The summed E-state index contributed by atoms with van der Waals surface area (Å²) in [4.78, 5) is 0. The smallest absolute Gasteiger partial charge is 0.147 e. The van der Waals surface area contributed by atoms with Gasteiger partial charge in [-0.3, -0.25) is 5.10 Å². The molecule has 0 atom stereocenters. The van der Waals surface area contributed by atoms with E-state index >= 15 is 0 Å². The van der Waals surface area contributed by atoms with Crippen molar-refractivity contribution in [2.75, 3.05) is 5.73 Å². The average molecular weight is 230 g/mol. The van der Waals surface area contributed by atoms with Crippen molar-refractivity contribution in [3.05, 3.63) is 36.3 Å². The van der Waals surface area contributed by atoms with Crippen LogP contribution in [0.25, 0.3) is 22.2 Å². The number of halogens is 1. The second-order valence-corrected chi connectivity index (χ2v) is 4.00. The maximum Gasteiger partial charge on any atom is 0.147 e. The number of benzene rings is 1. The minimum Gasteiger partial charge on any atom is -0.382 e. The van der Waals surface area contributed by atoms with E-state index in [1.807, 2.05) is 19.3 Å². The third-order valence-corrected chi connectivity index (χ3v) is 2.84. The quantitative estimate of drug-likeness (QED) is 0.673. The first-order valence-corrected chi connectivity index (χ1v) is 5.21. The first kappa shape index (κ1) is 9.89. The molecular weight excluding hydrogens is 219 g/mol. The summed E-state index contributed by atoms with van der Waals surface area (Å²) in [5.74, 6) is 0.192. The van der Waals surface area contributed by atoms with Crippen LogP contribution in [-0.4, -0.2) is 14.8 Å². The number of hydrogen-bond acceptors (Lipinski definition) is 2. The topological polar surface area (TPSA) is 59.6 Å². The van der Waals surface area contributed by atoms with Gasteiger partial charge in [0.25, 0.3) is 0 Å². The highest BCUT2D eigenvalue weighted by molar-refractivity contribution is 5.95. The first-order chi connectivity index (χ1) is 8.16. The van der Waals surface area contributed by atoms with Gasteiger partial charge in [-0.1, -0.05) is 12.1 Å². The molecule has 0 unspecified atom stereocenters. The number of aromatic nitrogens is 3. The molecule has 0 radical (unpaired) electrons. The Balaban J connectivity index is 2.35. The number of hydrogen-bond donors (Lipinski definition) is 2. The van der Waals surface area contributed by atoms with Crippen LogP contribution in [0, 0.1) is 5.82 Å². The van der Waals surface area contributed by atoms with Crippen LogP contribution in [0.15, 0.2) is 30.5 Å². The second-order valence-electron chi connectivity index (χ2n) is 4.00. The third kappa shape index (κ3) is 1.39. The lowest BCUT2D eigenvalue weighted by Gasteiger charge is -1.96. The fourth-order valence-electron chi connectivity index (χ4n) is 2.11. The zero-order valence-electron chi connectivity index (χ0n) is 9.24. The van der Waals surface area contributed by atoms with Crippen molar-refractivity contribution in [1.29, 1.82) is 0 Å². The molecule has 1 aromatic carbocycles. The number of anilines is 1. The third-order valence-electron chi connectivity index (χ3n) is 2.84. The van der Waals surface area contributed by atoms with E-state index in [1.54, 1.807) is 16.7 Å². The zero-order valence-corrected chi connectivity index (χ0v) is 9.24. The Morgan fingerprint density at radius 3 is 2.94 bits per heavy atom. The normalized spacial score (nSPS) is 11.2. The summed E-state index contributed by atoms with van der Waals surface area (Å²) < 4.78 is 15.5. The van der Waals surface area contributed by atoms with Gasteiger partial charge in [0, 0.05) is 30.3 Å². The Kier molecular flexibility index (Phi) is 1.95. The highest BCUT2D eigenvalue weighted by Crippen LogP contribution is 2.30. The largest absolute Gasteiger partial charge is 0.382 e. The summed E-state index contributed by atoms with van der Waals surface area (Å²) in [6.07, 6.45) is 1.86. The van der Waals surface area contributed by atoms with E-state index in [4.69, 9.17) is 5.73 Å². The van der Waals surface area contributed by atoms with Crippen LogP contribution in [0.4, 0.5) is 10.2 Å². The van der Waals surface area contributed by atoms with Crippen LogP contribution >= 0.6 is 0 Å². The van der Waals surface area contributed by atoms with Gasteiger partial charge < -0.3 is 10.3 Å². The SMILES string of the molecule is Cn1cc(-c2cc(N)n[nH]2)c2cccc(F)c21. The van der Waals surface area contributed by atoms with Gasteiger partial charge in [0.1, 0.15) is 11.6 Å². The monoisotopic (exact) mass is 230 g/mol.